The predicted molar refractivity (Wildman–Crippen MR) is 102 cm³/mol. The molecule has 0 fully saturated rings. The molecule has 0 amide bonds. The highest BCUT2D eigenvalue weighted by atomic mass is 35.5. The summed E-state index contributed by atoms with van der Waals surface area (Å²) in [6.45, 7) is 1.77. The Bertz CT molecular complexity index is 891. The molecule has 0 saturated carbocycles. The van der Waals surface area contributed by atoms with Gasteiger partial charge in [0.25, 0.3) is 0 Å². The SMILES string of the molecule is COc1cccc(C[NH2+]Cc2cccnc2)c1OCc1ccc(F)cc1Cl. The van der Waals surface area contributed by atoms with Crippen molar-refractivity contribution in [1.29, 1.82) is 0 Å². The van der Waals surface area contributed by atoms with E-state index in [4.69, 9.17) is 21.1 Å². The topological polar surface area (TPSA) is 48.0 Å². The van der Waals surface area contributed by atoms with Crippen LogP contribution in [0.3, 0.4) is 0 Å². The number of hydrogen-bond donors (Lipinski definition) is 1. The van der Waals surface area contributed by atoms with Crippen LogP contribution in [0.15, 0.2) is 60.9 Å². The van der Waals surface area contributed by atoms with E-state index in [9.17, 15) is 4.39 Å². The van der Waals surface area contributed by atoms with Crippen LogP contribution in [0.2, 0.25) is 5.02 Å². The highest BCUT2D eigenvalue weighted by Gasteiger charge is 2.13. The number of ether oxygens (including phenoxy) is 2. The van der Waals surface area contributed by atoms with E-state index >= 15 is 0 Å². The summed E-state index contributed by atoms with van der Waals surface area (Å²) in [6, 6.07) is 14.0. The largest absolute Gasteiger partial charge is 0.493 e. The summed E-state index contributed by atoms with van der Waals surface area (Å²) >= 11 is 6.10. The highest BCUT2D eigenvalue weighted by molar-refractivity contribution is 6.31. The van der Waals surface area contributed by atoms with Gasteiger partial charge in [0.15, 0.2) is 11.5 Å². The number of hydrogen-bond acceptors (Lipinski definition) is 3. The lowest BCUT2D eigenvalue weighted by molar-refractivity contribution is -0.686. The molecule has 6 heteroatoms. The maximum absolute atomic E-state index is 13.2. The Morgan fingerprint density at radius 3 is 2.70 bits per heavy atom. The van der Waals surface area contributed by atoms with Crippen molar-refractivity contribution in [3.8, 4) is 11.5 Å². The van der Waals surface area contributed by atoms with E-state index in [0.29, 0.717) is 22.1 Å². The lowest BCUT2D eigenvalue weighted by Gasteiger charge is -2.15. The van der Waals surface area contributed by atoms with E-state index in [2.05, 4.69) is 10.3 Å². The van der Waals surface area contributed by atoms with Crippen molar-refractivity contribution < 1.29 is 19.2 Å². The van der Waals surface area contributed by atoms with Gasteiger partial charge in [-0.3, -0.25) is 4.98 Å². The minimum atomic E-state index is -0.369. The number of nitrogens with zero attached hydrogens (tertiary/aromatic N) is 1. The summed E-state index contributed by atoms with van der Waals surface area (Å²) in [5.41, 5.74) is 2.88. The third kappa shape index (κ3) is 5.18. The first-order valence-electron chi connectivity index (χ1n) is 8.60. The van der Waals surface area contributed by atoms with Crippen LogP contribution in [-0.4, -0.2) is 12.1 Å². The van der Waals surface area contributed by atoms with E-state index in [1.807, 2.05) is 36.5 Å². The first-order valence-corrected chi connectivity index (χ1v) is 8.98. The summed E-state index contributed by atoms with van der Waals surface area (Å²) in [5.74, 6) is 0.954. The lowest BCUT2D eigenvalue weighted by Crippen LogP contribution is -2.80. The summed E-state index contributed by atoms with van der Waals surface area (Å²) < 4.78 is 24.7. The summed E-state index contributed by atoms with van der Waals surface area (Å²) in [7, 11) is 1.61. The van der Waals surface area contributed by atoms with Crippen molar-refractivity contribution in [2.24, 2.45) is 0 Å². The molecule has 0 radical (unpaired) electrons. The van der Waals surface area contributed by atoms with Gasteiger partial charge in [0.1, 0.15) is 25.5 Å². The molecule has 0 aliphatic carbocycles. The molecule has 2 aromatic carbocycles. The molecule has 0 saturated heterocycles. The number of para-hydroxylation sites is 1. The molecule has 2 N–H and O–H groups in total. The second-order valence-corrected chi connectivity index (χ2v) is 6.44. The van der Waals surface area contributed by atoms with Crippen molar-refractivity contribution in [1.82, 2.24) is 4.98 Å². The van der Waals surface area contributed by atoms with Crippen LogP contribution in [0, 0.1) is 5.82 Å². The van der Waals surface area contributed by atoms with E-state index in [1.54, 1.807) is 19.4 Å². The van der Waals surface area contributed by atoms with Gasteiger partial charge in [0, 0.05) is 23.5 Å². The van der Waals surface area contributed by atoms with Crippen molar-refractivity contribution in [2.75, 3.05) is 7.11 Å². The van der Waals surface area contributed by atoms with Gasteiger partial charge in [-0.1, -0.05) is 29.8 Å². The molecule has 140 valence electrons. The predicted octanol–water partition coefficient (Wildman–Crippen LogP) is 3.73. The number of halogens is 2. The first-order chi connectivity index (χ1) is 13.2. The fourth-order valence-electron chi connectivity index (χ4n) is 2.75. The van der Waals surface area contributed by atoms with Crippen molar-refractivity contribution in [3.05, 3.63) is 88.5 Å². The fraction of sp³-hybridized carbons (Fsp3) is 0.190. The number of benzene rings is 2. The second kappa shape index (κ2) is 9.35. The van der Waals surface area contributed by atoms with Gasteiger partial charge in [-0.25, -0.2) is 4.39 Å². The van der Waals surface area contributed by atoms with Crippen LogP contribution in [0.25, 0.3) is 0 Å². The Morgan fingerprint density at radius 2 is 1.96 bits per heavy atom. The average molecular weight is 388 g/mol. The van der Waals surface area contributed by atoms with Crippen LogP contribution < -0.4 is 14.8 Å². The van der Waals surface area contributed by atoms with Crippen molar-refractivity contribution >= 4 is 11.6 Å². The number of methoxy groups -OCH3 is 1. The van der Waals surface area contributed by atoms with Gasteiger partial charge in [-0.05, 0) is 30.3 Å². The molecule has 0 atom stereocenters. The molecule has 1 aromatic heterocycles. The number of quaternary nitrogens is 1. The molecular formula is C21H21ClFN2O2+. The zero-order valence-electron chi connectivity index (χ0n) is 15.0. The molecule has 0 unspecified atom stereocenters. The maximum Gasteiger partial charge on any atom is 0.170 e. The Balaban J connectivity index is 1.71. The summed E-state index contributed by atoms with van der Waals surface area (Å²) in [6.07, 6.45) is 3.62. The monoisotopic (exact) mass is 387 g/mol. The van der Waals surface area contributed by atoms with Crippen LogP contribution in [0.5, 0.6) is 11.5 Å². The lowest BCUT2D eigenvalue weighted by atomic mass is 10.1. The van der Waals surface area contributed by atoms with Gasteiger partial charge in [-0.2, -0.15) is 0 Å². The highest BCUT2D eigenvalue weighted by Crippen LogP contribution is 2.32. The van der Waals surface area contributed by atoms with Crippen LogP contribution >= 0.6 is 11.6 Å². The maximum atomic E-state index is 13.2. The van der Waals surface area contributed by atoms with E-state index < -0.39 is 0 Å². The van der Waals surface area contributed by atoms with Gasteiger partial charge < -0.3 is 14.8 Å². The van der Waals surface area contributed by atoms with Crippen molar-refractivity contribution in [2.45, 2.75) is 19.7 Å². The average Bonchev–Trinajstić information content (AvgIpc) is 2.68. The van der Waals surface area contributed by atoms with Gasteiger partial charge >= 0.3 is 0 Å². The van der Waals surface area contributed by atoms with Gasteiger partial charge in [0.05, 0.1) is 17.7 Å². The quantitative estimate of drug-likeness (QED) is 0.640. The Kier molecular flexibility index (Phi) is 6.63. The summed E-state index contributed by atoms with van der Waals surface area (Å²) in [5, 5.41) is 2.51. The molecule has 0 aliphatic rings. The molecular weight excluding hydrogens is 367 g/mol. The number of rotatable bonds is 8. The fourth-order valence-corrected chi connectivity index (χ4v) is 2.97. The summed E-state index contributed by atoms with van der Waals surface area (Å²) in [4.78, 5) is 4.13. The number of nitrogens with two attached hydrogens (primary N) is 1. The van der Waals surface area contributed by atoms with E-state index in [0.717, 1.165) is 24.2 Å². The van der Waals surface area contributed by atoms with Gasteiger partial charge in [0.2, 0.25) is 0 Å². The van der Waals surface area contributed by atoms with Crippen LogP contribution in [0.4, 0.5) is 4.39 Å². The normalized spacial score (nSPS) is 10.6. The Morgan fingerprint density at radius 1 is 1.07 bits per heavy atom. The standard InChI is InChI=1S/C21H20ClFN2O2/c1-26-20-6-2-5-16(13-25-12-15-4-3-9-24-11-15)21(20)27-14-17-7-8-18(23)10-19(17)22/h2-11,25H,12-14H2,1H3/p+1. The second-order valence-electron chi connectivity index (χ2n) is 6.03. The molecule has 0 aliphatic heterocycles. The zero-order valence-corrected chi connectivity index (χ0v) is 15.7. The Labute approximate surface area is 162 Å². The third-order valence-corrected chi connectivity index (χ3v) is 4.49. The molecule has 1 heterocycles. The van der Waals surface area contributed by atoms with Crippen LogP contribution in [0.1, 0.15) is 16.7 Å². The minimum Gasteiger partial charge on any atom is -0.493 e. The van der Waals surface area contributed by atoms with Crippen molar-refractivity contribution in [3.63, 3.8) is 0 Å². The Hall–Kier alpha value is -2.63. The van der Waals surface area contributed by atoms with Crippen LogP contribution in [-0.2, 0) is 19.7 Å². The molecule has 0 spiro atoms. The smallest absolute Gasteiger partial charge is 0.170 e. The molecule has 3 aromatic rings. The minimum absolute atomic E-state index is 0.231. The third-order valence-electron chi connectivity index (χ3n) is 4.13. The molecule has 27 heavy (non-hydrogen) atoms. The van der Waals surface area contributed by atoms with E-state index in [-0.39, 0.29) is 12.4 Å². The molecule has 3 rings (SSSR count). The molecule has 0 bridgehead atoms. The van der Waals surface area contributed by atoms with Gasteiger partial charge in [-0.15, -0.1) is 0 Å². The van der Waals surface area contributed by atoms with E-state index in [1.165, 1.54) is 12.1 Å². The first kappa shape index (κ1) is 19.1. The molecule has 4 nitrogen and oxygen atoms in total. The number of pyridine rings is 1. The zero-order chi connectivity index (χ0) is 19.1. The number of aromatic nitrogens is 1.